The van der Waals surface area contributed by atoms with Gasteiger partial charge in [-0.1, -0.05) is 17.7 Å². The molecule has 0 aliphatic carbocycles. The number of hydrogen-bond acceptors (Lipinski definition) is 2. The molecule has 3 nitrogen and oxygen atoms in total. The lowest BCUT2D eigenvalue weighted by Crippen LogP contribution is -2.26. The number of nitrogens with one attached hydrogen (secondary N) is 1. The Morgan fingerprint density at radius 3 is 2.76 bits per heavy atom. The van der Waals surface area contributed by atoms with E-state index in [0.717, 1.165) is 11.1 Å². The van der Waals surface area contributed by atoms with Gasteiger partial charge in [-0.25, -0.2) is 4.39 Å². The highest BCUT2D eigenvalue weighted by Crippen LogP contribution is 2.21. The van der Waals surface area contributed by atoms with E-state index < -0.39 is 5.91 Å². The standard InChI is InChI=1S/C16H15ClFNO2/c1-10-8-13(18)4-2-11(10)6-7-19-16(21)14-9-12(17)3-5-15(14)20/h2-5,8-9,20H,6-7H2,1H3,(H,19,21). The zero-order valence-corrected chi connectivity index (χ0v) is 12.2. The molecule has 2 aromatic carbocycles. The molecule has 1 amide bonds. The predicted octanol–water partition coefficient (Wildman–Crippen LogP) is 3.47. The lowest BCUT2D eigenvalue weighted by molar-refractivity contribution is 0.0951. The Morgan fingerprint density at radius 2 is 2.05 bits per heavy atom. The van der Waals surface area contributed by atoms with Crippen LogP contribution in [0.2, 0.25) is 5.02 Å². The first-order valence-corrected chi connectivity index (χ1v) is 6.87. The minimum atomic E-state index is -0.394. The lowest BCUT2D eigenvalue weighted by Gasteiger charge is -2.09. The Bertz CT molecular complexity index is 673. The molecule has 110 valence electrons. The fraction of sp³-hybridized carbons (Fsp3) is 0.188. The molecule has 0 bridgehead atoms. The second-order valence-corrected chi connectivity index (χ2v) is 5.17. The van der Waals surface area contributed by atoms with E-state index >= 15 is 0 Å². The number of carbonyl (C=O) groups excluding carboxylic acids is 1. The zero-order chi connectivity index (χ0) is 15.4. The van der Waals surface area contributed by atoms with Crippen molar-refractivity contribution < 1.29 is 14.3 Å². The van der Waals surface area contributed by atoms with Gasteiger partial charge in [0.2, 0.25) is 0 Å². The van der Waals surface area contributed by atoms with Crippen molar-refractivity contribution in [2.75, 3.05) is 6.54 Å². The molecule has 0 saturated heterocycles. The molecular formula is C16H15ClFNO2. The van der Waals surface area contributed by atoms with Gasteiger partial charge in [0.05, 0.1) is 5.56 Å². The van der Waals surface area contributed by atoms with Crippen LogP contribution >= 0.6 is 11.6 Å². The molecule has 0 aromatic heterocycles. The van der Waals surface area contributed by atoms with E-state index in [9.17, 15) is 14.3 Å². The molecule has 0 heterocycles. The van der Waals surface area contributed by atoms with Crippen molar-refractivity contribution in [1.29, 1.82) is 0 Å². The normalized spacial score (nSPS) is 10.4. The molecule has 2 rings (SSSR count). The van der Waals surface area contributed by atoms with Crippen LogP contribution in [0.3, 0.4) is 0 Å². The Labute approximate surface area is 127 Å². The highest BCUT2D eigenvalue weighted by atomic mass is 35.5. The minimum absolute atomic E-state index is 0.116. The van der Waals surface area contributed by atoms with E-state index in [-0.39, 0.29) is 17.1 Å². The summed E-state index contributed by atoms with van der Waals surface area (Å²) in [5.74, 6) is -0.784. The number of aryl methyl sites for hydroxylation is 1. The van der Waals surface area contributed by atoms with Crippen molar-refractivity contribution in [2.45, 2.75) is 13.3 Å². The molecule has 0 unspecified atom stereocenters. The highest BCUT2D eigenvalue weighted by molar-refractivity contribution is 6.31. The highest BCUT2D eigenvalue weighted by Gasteiger charge is 2.11. The van der Waals surface area contributed by atoms with E-state index in [2.05, 4.69) is 5.32 Å². The van der Waals surface area contributed by atoms with Crippen molar-refractivity contribution in [3.8, 4) is 5.75 Å². The minimum Gasteiger partial charge on any atom is -0.507 e. The molecular weight excluding hydrogens is 293 g/mol. The molecule has 0 fully saturated rings. The van der Waals surface area contributed by atoms with Gasteiger partial charge in [-0.2, -0.15) is 0 Å². The lowest BCUT2D eigenvalue weighted by atomic mass is 10.1. The van der Waals surface area contributed by atoms with Gasteiger partial charge < -0.3 is 10.4 Å². The van der Waals surface area contributed by atoms with E-state index in [1.54, 1.807) is 6.07 Å². The summed E-state index contributed by atoms with van der Waals surface area (Å²) in [6.07, 6.45) is 0.583. The maximum atomic E-state index is 13.0. The summed E-state index contributed by atoms with van der Waals surface area (Å²) in [6.45, 7) is 2.21. The fourth-order valence-electron chi connectivity index (χ4n) is 2.04. The van der Waals surface area contributed by atoms with Crippen molar-refractivity contribution in [2.24, 2.45) is 0 Å². The van der Waals surface area contributed by atoms with Gasteiger partial charge in [-0.05, 0) is 54.8 Å². The second kappa shape index (κ2) is 6.59. The number of benzene rings is 2. The number of amides is 1. The van der Waals surface area contributed by atoms with Gasteiger partial charge in [-0.3, -0.25) is 4.79 Å². The molecule has 2 aromatic rings. The number of carbonyl (C=O) groups is 1. The van der Waals surface area contributed by atoms with Gasteiger partial charge in [0, 0.05) is 11.6 Å². The summed E-state index contributed by atoms with van der Waals surface area (Å²) in [5, 5.41) is 12.7. The maximum Gasteiger partial charge on any atom is 0.255 e. The summed E-state index contributed by atoms with van der Waals surface area (Å²) < 4.78 is 13.0. The van der Waals surface area contributed by atoms with Crippen LogP contribution in [0.15, 0.2) is 36.4 Å². The fourth-order valence-corrected chi connectivity index (χ4v) is 2.21. The van der Waals surface area contributed by atoms with Gasteiger partial charge in [0.1, 0.15) is 11.6 Å². The number of hydrogen-bond donors (Lipinski definition) is 2. The summed E-state index contributed by atoms with van der Waals surface area (Å²) in [5.41, 5.74) is 1.94. The zero-order valence-electron chi connectivity index (χ0n) is 11.5. The van der Waals surface area contributed by atoms with Gasteiger partial charge >= 0.3 is 0 Å². The number of phenols is 1. The maximum absolute atomic E-state index is 13.0. The number of halogens is 2. The summed E-state index contributed by atoms with van der Waals surface area (Å²) in [4.78, 5) is 12.0. The molecule has 2 N–H and O–H groups in total. The first kappa shape index (κ1) is 15.3. The van der Waals surface area contributed by atoms with Crippen molar-refractivity contribution in [1.82, 2.24) is 5.32 Å². The molecule has 0 aliphatic rings. The topological polar surface area (TPSA) is 49.3 Å². The molecule has 0 radical (unpaired) electrons. The summed E-state index contributed by atoms with van der Waals surface area (Å²) in [6, 6.07) is 8.85. The van der Waals surface area contributed by atoms with Crippen LogP contribution in [0.1, 0.15) is 21.5 Å². The summed E-state index contributed by atoms with van der Waals surface area (Å²) in [7, 11) is 0. The Kier molecular flexibility index (Phi) is 4.81. The average Bonchev–Trinajstić information content (AvgIpc) is 2.43. The summed E-state index contributed by atoms with van der Waals surface area (Å²) >= 11 is 5.80. The quantitative estimate of drug-likeness (QED) is 0.908. The van der Waals surface area contributed by atoms with Crippen LogP contribution in [-0.4, -0.2) is 17.6 Å². The third-order valence-electron chi connectivity index (χ3n) is 3.19. The monoisotopic (exact) mass is 307 g/mol. The largest absolute Gasteiger partial charge is 0.507 e. The van der Waals surface area contributed by atoms with Crippen LogP contribution in [0.4, 0.5) is 4.39 Å². The van der Waals surface area contributed by atoms with E-state index in [1.165, 1.54) is 30.3 Å². The van der Waals surface area contributed by atoms with Crippen molar-refractivity contribution >= 4 is 17.5 Å². The number of rotatable bonds is 4. The third kappa shape index (κ3) is 3.95. The van der Waals surface area contributed by atoms with Crippen LogP contribution in [-0.2, 0) is 6.42 Å². The van der Waals surface area contributed by atoms with Gasteiger partial charge in [0.15, 0.2) is 0 Å². The molecule has 0 aliphatic heterocycles. The smallest absolute Gasteiger partial charge is 0.255 e. The first-order chi connectivity index (χ1) is 9.97. The average molecular weight is 308 g/mol. The Morgan fingerprint density at radius 1 is 1.29 bits per heavy atom. The van der Waals surface area contributed by atoms with Crippen LogP contribution in [0.25, 0.3) is 0 Å². The molecule has 21 heavy (non-hydrogen) atoms. The number of aromatic hydroxyl groups is 1. The molecule has 0 spiro atoms. The SMILES string of the molecule is Cc1cc(F)ccc1CCNC(=O)c1cc(Cl)ccc1O. The second-order valence-electron chi connectivity index (χ2n) is 4.74. The predicted molar refractivity (Wildman–Crippen MR) is 80.3 cm³/mol. The Balaban J connectivity index is 1.97. The van der Waals surface area contributed by atoms with E-state index in [4.69, 9.17) is 11.6 Å². The van der Waals surface area contributed by atoms with Gasteiger partial charge in [-0.15, -0.1) is 0 Å². The molecule has 5 heteroatoms. The van der Waals surface area contributed by atoms with Crippen molar-refractivity contribution in [3.63, 3.8) is 0 Å². The van der Waals surface area contributed by atoms with Crippen molar-refractivity contribution in [3.05, 3.63) is 63.9 Å². The Hall–Kier alpha value is -2.07. The van der Waals surface area contributed by atoms with E-state index in [0.29, 0.717) is 18.0 Å². The van der Waals surface area contributed by atoms with Crippen LogP contribution < -0.4 is 5.32 Å². The van der Waals surface area contributed by atoms with Crippen LogP contribution in [0, 0.1) is 12.7 Å². The van der Waals surface area contributed by atoms with Crippen LogP contribution in [0.5, 0.6) is 5.75 Å². The third-order valence-corrected chi connectivity index (χ3v) is 3.42. The van der Waals surface area contributed by atoms with Gasteiger partial charge in [0.25, 0.3) is 5.91 Å². The molecule has 0 atom stereocenters. The molecule has 0 saturated carbocycles. The van der Waals surface area contributed by atoms with E-state index in [1.807, 2.05) is 6.92 Å². The first-order valence-electron chi connectivity index (χ1n) is 6.49. The number of phenolic OH excluding ortho intramolecular Hbond substituents is 1.